The van der Waals surface area contributed by atoms with Crippen molar-refractivity contribution in [2.45, 2.75) is 4.90 Å². The minimum Gasteiger partial charge on any atom is -0.383 e. The van der Waals surface area contributed by atoms with Crippen LogP contribution in [-0.2, 0) is 10.0 Å². The van der Waals surface area contributed by atoms with E-state index in [1.165, 1.54) is 36.7 Å². The van der Waals surface area contributed by atoms with Crippen molar-refractivity contribution < 1.29 is 13.2 Å². The van der Waals surface area contributed by atoms with Crippen LogP contribution >= 0.6 is 0 Å². The van der Waals surface area contributed by atoms with Crippen LogP contribution in [0.4, 0.5) is 17.5 Å². The van der Waals surface area contributed by atoms with E-state index in [4.69, 9.17) is 5.73 Å². The molecule has 0 unspecified atom stereocenters. The average molecular weight is 436 g/mol. The standard InChI is InChI=1S/C19H16N8O3S/c20-17-14(3-1-8-21-17)15-11-16(26-25-15)18(28)24-12-4-6-13(7-5-12)31(29,30)27-19-22-9-2-10-23-19/h1-11H,(H2,20,21)(H,24,28)(H,25,26)(H,22,23,27). The summed E-state index contributed by atoms with van der Waals surface area (Å²) in [5.41, 5.74) is 7.52. The minimum atomic E-state index is -3.86. The highest BCUT2D eigenvalue weighted by Crippen LogP contribution is 2.23. The van der Waals surface area contributed by atoms with E-state index in [0.29, 0.717) is 22.8 Å². The number of amides is 1. The molecule has 4 rings (SSSR count). The molecule has 4 aromatic rings. The van der Waals surface area contributed by atoms with Gasteiger partial charge < -0.3 is 11.1 Å². The van der Waals surface area contributed by atoms with Gasteiger partial charge in [-0.1, -0.05) is 0 Å². The number of nitrogens with one attached hydrogen (secondary N) is 3. The number of anilines is 3. The number of nitrogens with zero attached hydrogens (tertiary/aromatic N) is 4. The number of pyridine rings is 1. The number of benzene rings is 1. The van der Waals surface area contributed by atoms with Crippen LogP contribution in [-0.4, -0.2) is 39.5 Å². The molecule has 1 aromatic carbocycles. The van der Waals surface area contributed by atoms with Gasteiger partial charge in [-0.15, -0.1) is 0 Å². The van der Waals surface area contributed by atoms with Crippen LogP contribution in [0.1, 0.15) is 10.5 Å². The van der Waals surface area contributed by atoms with Gasteiger partial charge in [-0.25, -0.2) is 28.1 Å². The lowest BCUT2D eigenvalue weighted by atomic mass is 10.2. The highest BCUT2D eigenvalue weighted by molar-refractivity contribution is 7.92. The predicted octanol–water partition coefficient (Wildman–Crippen LogP) is 1.90. The second-order valence-electron chi connectivity index (χ2n) is 6.26. The minimum absolute atomic E-state index is 0.00571. The maximum Gasteiger partial charge on any atom is 0.273 e. The van der Waals surface area contributed by atoms with Gasteiger partial charge in [0.15, 0.2) is 0 Å². The monoisotopic (exact) mass is 436 g/mol. The van der Waals surface area contributed by atoms with Crippen molar-refractivity contribution in [3.8, 4) is 11.3 Å². The van der Waals surface area contributed by atoms with Crippen molar-refractivity contribution in [1.29, 1.82) is 0 Å². The summed E-state index contributed by atoms with van der Waals surface area (Å²) < 4.78 is 27.1. The van der Waals surface area contributed by atoms with E-state index in [1.807, 2.05) is 0 Å². The number of nitrogens with two attached hydrogens (primary N) is 1. The van der Waals surface area contributed by atoms with Crippen molar-refractivity contribution in [2.24, 2.45) is 0 Å². The number of carbonyl (C=O) groups is 1. The number of rotatable bonds is 6. The summed E-state index contributed by atoms with van der Waals surface area (Å²) in [6.45, 7) is 0. The number of aromatic amines is 1. The third-order valence-electron chi connectivity index (χ3n) is 4.15. The van der Waals surface area contributed by atoms with Gasteiger partial charge in [0.05, 0.1) is 10.6 Å². The molecule has 0 saturated heterocycles. The second kappa shape index (κ2) is 8.20. The van der Waals surface area contributed by atoms with Crippen LogP contribution in [0.2, 0.25) is 0 Å². The van der Waals surface area contributed by atoms with Gasteiger partial charge in [0.1, 0.15) is 11.5 Å². The highest BCUT2D eigenvalue weighted by Gasteiger charge is 2.17. The molecule has 31 heavy (non-hydrogen) atoms. The Morgan fingerprint density at radius 2 is 1.68 bits per heavy atom. The average Bonchev–Trinajstić information content (AvgIpc) is 3.25. The third-order valence-corrected chi connectivity index (χ3v) is 5.49. The summed E-state index contributed by atoms with van der Waals surface area (Å²) in [4.78, 5) is 24.1. The van der Waals surface area contributed by atoms with Gasteiger partial charge in [-0.2, -0.15) is 5.10 Å². The molecule has 12 heteroatoms. The largest absolute Gasteiger partial charge is 0.383 e. The first-order chi connectivity index (χ1) is 14.9. The lowest BCUT2D eigenvalue weighted by Crippen LogP contribution is -2.15. The number of hydrogen-bond donors (Lipinski definition) is 4. The van der Waals surface area contributed by atoms with Gasteiger partial charge in [0.2, 0.25) is 5.95 Å². The molecule has 0 aliphatic rings. The Labute approximate surface area is 176 Å². The molecule has 0 aliphatic carbocycles. The van der Waals surface area contributed by atoms with E-state index in [9.17, 15) is 13.2 Å². The van der Waals surface area contributed by atoms with Gasteiger partial charge >= 0.3 is 0 Å². The second-order valence-corrected chi connectivity index (χ2v) is 7.94. The molecule has 156 valence electrons. The Kier molecular flexibility index (Phi) is 5.28. The quantitative estimate of drug-likeness (QED) is 0.355. The van der Waals surface area contributed by atoms with Crippen molar-refractivity contribution >= 4 is 33.4 Å². The van der Waals surface area contributed by atoms with Gasteiger partial charge in [-0.3, -0.25) is 9.89 Å². The van der Waals surface area contributed by atoms with Crippen molar-refractivity contribution in [3.63, 3.8) is 0 Å². The number of H-pyrrole nitrogens is 1. The van der Waals surface area contributed by atoms with Crippen LogP contribution in [0.3, 0.4) is 0 Å². The fourth-order valence-corrected chi connectivity index (χ4v) is 3.61. The fourth-order valence-electron chi connectivity index (χ4n) is 2.66. The summed E-state index contributed by atoms with van der Waals surface area (Å²) in [6.07, 6.45) is 4.41. The van der Waals surface area contributed by atoms with E-state index in [-0.39, 0.29) is 16.5 Å². The zero-order valence-corrected chi connectivity index (χ0v) is 16.7. The predicted molar refractivity (Wildman–Crippen MR) is 113 cm³/mol. The summed E-state index contributed by atoms with van der Waals surface area (Å²) >= 11 is 0. The first-order valence-corrected chi connectivity index (χ1v) is 10.4. The smallest absolute Gasteiger partial charge is 0.273 e. The van der Waals surface area contributed by atoms with Crippen molar-refractivity contribution in [2.75, 3.05) is 15.8 Å². The number of carbonyl (C=O) groups excluding carboxylic acids is 1. The molecule has 11 nitrogen and oxygen atoms in total. The Bertz CT molecular complexity index is 1320. The Morgan fingerprint density at radius 3 is 2.39 bits per heavy atom. The molecule has 3 heterocycles. The lowest BCUT2D eigenvalue weighted by molar-refractivity contribution is 0.102. The molecule has 0 radical (unpaired) electrons. The number of nitrogen functional groups attached to an aromatic ring is 1. The fraction of sp³-hybridized carbons (Fsp3) is 0. The van der Waals surface area contributed by atoms with Gasteiger partial charge in [-0.05, 0) is 48.5 Å². The molecule has 1 amide bonds. The van der Waals surface area contributed by atoms with Crippen LogP contribution in [0.15, 0.2) is 72.0 Å². The van der Waals surface area contributed by atoms with Gasteiger partial charge in [0, 0.05) is 29.8 Å². The Morgan fingerprint density at radius 1 is 0.968 bits per heavy atom. The number of sulfonamides is 1. The summed E-state index contributed by atoms with van der Waals surface area (Å²) in [5.74, 6) is -0.191. The molecule has 0 fully saturated rings. The molecule has 0 atom stereocenters. The number of hydrogen-bond acceptors (Lipinski definition) is 8. The maximum absolute atomic E-state index is 12.5. The van der Waals surface area contributed by atoms with E-state index in [0.717, 1.165) is 0 Å². The highest BCUT2D eigenvalue weighted by atomic mass is 32.2. The topological polar surface area (TPSA) is 169 Å². The van der Waals surface area contributed by atoms with Gasteiger partial charge in [0.25, 0.3) is 15.9 Å². The molecule has 3 aromatic heterocycles. The zero-order chi connectivity index (χ0) is 21.8. The Balaban J connectivity index is 1.46. The van der Waals surface area contributed by atoms with E-state index < -0.39 is 15.9 Å². The van der Waals surface area contributed by atoms with Crippen molar-refractivity contribution in [3.05, 3.63) is 72.8 Å². The molecule has 0 saturated carbocycles. The lowest BCUT2D eigenvalue weighted by Gasteiger charge is -2.08. The van der Waals surface area contributed by atoms with Crippen LogP contribution in [0.25, 0.3) is 11.3 Å². The maximum atomic E-state index is 12.5. The third kappa shape index (κ3) is 4.48. The SMILES string of the molecule is Nc1ncccc1-c1cc(C(=O)Nc2ccc(S(=O)(=O)Nc3ncccn3)cc2)[nH]n1. The molecule has 0 aliphatic heterocycles. The first-order valence-electron chi connectivity index (χ1n) is 8.90. The summed E-state index contributed by atoms with van der Waals surface area (Å²) in [6, 6.07) is 12.2. The van der Waals surface area contributed by atoms with E-state index in [2.05, 4.69) is 35.2 Å². The van der Waals surface area contributed by atoms with Crippen molar-refractivity contribution in [1.82, 2.24) is 25.1 Å². The molecule has 0 bridgehead atoms. The molecule has 5 N–H and O–H groups in total. The Hall–Kier alpha value is -4.32. The van der Waals surface area contributed by atoms with Crippen LogP contribution in [0, 0.1) is 0 Å². The van der Waals surface area contributed by atoms with E-state index in [1.54, 1.807) is 30.5 Å². The molecular formula is C19H16N8O3S. The van der Waals surface area contributed by atoms with E-state index >= 15 is 0 Å². The van der Waals surface area contributed by atoms with Crippen LogP contribution < -0.4 is 15.8 Å². The summed E-state index contributed by atoms with van der Waals surface area (Å²) in [7, 11) is -3.86. The summed E-state index contributed by atoms with van der Waals surface area (Å²) in [5, 5.41) is 9.41. The first kappa shape index (κ1) is 20.0. The molecule has 0 spiro atoms. The number of aromatic nitrogens is 5. The molecular weight excluding hydrogens is 420 g/mol. The van der Waals surface area contributed by atoms with Crippen LogP contribution in [0.5, 0.6) is 0 Å². The zero-order valence-electron chi connectivity index (χ0n) is 15.9. The normalized spacial score (nSPS) is 11.1.